The van der Waals surface area contributed by atoms with Crippen LogP contribution in [0.2, 0.25) is 0 Å². The summed E-state index contributed by atoms with van der Waals surface area (Å²) in [5.41, 5.74) is 0. The van der Waals surface area contributed by atoms with Gasteiger partial charge in [0.2, 0.25) is 0 Å². The van der Waals surface area contributed by atoms with Gasteiger partial charge in [0.05, 0.1) is 0 Å². The van der Waals surface area contributed by atoms with Crippen LogP contribution in [0.25, 0.3) is 0 Å². The summed E-state index contributed by atoms with van der Waals surface area (Å²) in [6, 6.07) is 0. The summed E-state index contributed by atoms with van der Waals surface area (Å²) in [6.07, 6.45) is 8.56. The van der Waals surface area contributed by atoms with Gasteiger partial charge in [0.1, 0.15) is 0 Å². The minimum Gasteiger partial charge on any atom is -0.396 e. The summed E-state index contributed by atoms with van der Waals surface area (Å²) in [5.74, 6) is 0.160. The first kappa shape index (κ1) is 8.21. The van der Waals surface area contributed by atoms with E-state index in [1.54, 1.807) is 12.2 Å². The van der Waals surface area contributed by atoms with Gasteiger partial charge in [-0.1, -0.05) is 18.2 Å². The van der Waals surface area contributed by atoms with Gasteiger partial charge in [0.15, 0.2) is 5.78 Å². The molecule has 0 spiro atoms. The Balaban J connectivity index is 2.39. The topological polar surface area (TPSA) is 37.3 Å². The van der Waals surface area contributed by atoms with Gasteiger partial charge >= 0.3 is 0 Å². The smallest absolute Gasteiger partial charge is 0.162 e. The van der Waals surface area contributed by atoms with Gasteiger partial charge in [-0.25, -0.2) is 0 Å². The van der Waals surface area contributed by atoms with Crippen LogP contribution in [-0.2, 0) is 4.79 Å². The number of aliphatic hydroxyl groups excluding tert-OH is 1. The van der Waals surface area contributed by atoms with Crippen LogP contribution in [0.3, 0.4) is 0 Å². The molecule has 0 heterocycles. The molecule has 1 rings (SSSR count). The molecular formula is C9H12O2. The van der Waals surface area contributed by atoms with Crippen molar-refractivity contribution < 1.29 is 9.90 Å². The van der Waals surface area contributed by atoms with E-state index in [0.29, 0.717) is 6.42 Å². The second kappa shape index (κ2) is 4.09. The number of ketones is 1. The first-order chi connectivity index (χ1) is 5.34. The second-order valence-electron chi connectivity index (χ2n) is 2.62. The molecule has 2 nitrogen and oxygen atoms in total. The molecule has 0 fully saturated rings. The minimum atomic E-state index is 0.00662. The molecule has 0 radical (unpaired) electrons. The van der Waals surface area contributed by atoms with E-state index in [9.17, 15) is 4.79 Å². The Morgan fingerprint density at radius 3 is 2.91 bits per heavy atom. The molecule has 2 heteroatoms. The third-order valence-corrected chi connectivity index (χ3v) is 1.75. The fraction of sp³-hybridized carbons (Fsp3) is 0.444. The molecule has 1 atom stereocenters. The highest BCUT2D eigenvalue weighted by Gasteiger charge is 2.13. The molecule has 0 saturated carbocycles. The van der Waals surface area contributed by atoms with E-state index >= 15 is 0 Å². The van der Waals surface area contributed by atoms with E-state index in [-0.39, 0.29) is 18.3 Å². The molecule has 0 saturated heterocycles. The summed E-state index contributed by atoms with van der Waals surface area (Å²) in [4.78, 5) is 11.1. The maximum absolute atomic E-state index is 11.1. The molecule has 11 heavy (non-hydrogen) atoms. The van der Waals surface area contributed by atoms with Gasteiger partial charge in [-0.2, -0.15) is 0 Å². The summed E-state index contributed by atoms with van der Waals surface area (Å²) in [5, 5.41) is 8.53. The van der Waals surface area contributed by atoms with Crippen molar-refractivity contribution in [3.05, 3.63) is 24.3 Å². The number of hydrogen-bond donors (Lipinski definition) is 1. The van der Waals surface area contributed by atoms with Gasteiger partial charge in [0, 0.05) is 12.5 Å². The Kier molecular flexibility index (Phi) is 3.05. The third kappa shape index (κ3) is 2.31. The van der Waals surface area contributed by atoms with Gasteiger partial charge in [-0.15, -0.1) is 0 Å². The summed E-state index contributed by atoms with van der Waals surface area (Å²) < 4.78 is 0. The van der Waals surface area contributed by atoms with Crippen LogP contribution in [0.1, 0.15) is 12.8 Å². The molecule has 0 aromatic rings. The zero-order valence-corrected chi connectivity index (χ0v) is 6.36. The third-order valence-electron chi connectivity index (χ3n) is 1.75. The van der Waals surface area contributed by atoms with Crippen molar-refractivity contribution >= 4 is 5.78 Å². The maximum Gasteiger partial charge on any atom is 0.162 e. The number of carbonyl (C=O) groups excluding carboxylic acids is 1. The van der Waals surface area contributed by atoms with E-state index in [2.05, 4.69) is 0 Å². The summed E-state index contributed by atoms with van der Waals surface area (Å²) >= 11 is 0. The standard InChI is InChI=1S/C9H12O2/c10-7-3-5-8-4-1-2-6-9(8)11/h1-2,4,6,8,10H,3,5,7H2. The van der Waals surface area contributed by atoms with E-state index in [4.69, 9.17) is 5.11 Å². The van der Waals surface area contributed by atoms with Crippen molar-refractivity contribution in [2.75, 3.05) is 6.61 Å². The van der Waals surface area contributed by atoms with Crippen LogP contribution in [0.4, 0.5) is 0 Å². The zero-order valence-electron chi connectivity index (χ0n) is 6.36. The lowest BCUT2D eigenvalue weighted by molar-refractivity contribution is -0.117. The van der Waals surface area contributed by atoms with Crippen LogP contribution in [0.15, 0.2) is 24.3 Å². The predicted molar refractivity (Wildman–Crippen MR) is 43.1 cm³/mol. The SMILES string of the molecule is O=C1C=CC=CC1CCCO. The highest BCUT2D eigenvalue weighted by Crippen LogP contribution is 2.13. The van der Waals surface area contributed by atoms with Crippen LogP contribution in [-0.4, -0.2) is 17.5 Å². The van der Waals surface area contributed by atoms with Crippen LogP contribution in [0, 0.1) is 5.92 Å². The lowest BCUT2D eigenvalue weighted by Crippen LogP contribution is -2.11. The summed E-state index contributed by atoms with van der Waals surface area (Å²) in [7, 11) is 0. The normalized spacial score (nSPS) is 22.6. The number of hydrogen-bond acceptors (Lipinski definition) is 2. The van der Waals surface area contributed by atoms with Gasteiger partial charge < -0.3 is 5.11 Å². The van der Waals surface area contributed by atoms with Gasteiger partial charge in [0.25, 0.3) is 0 Å². The number of aliphatic hydroxyl groups is 1. The lowest BCUT2D eigenvalue weighted by atomic mass is 9.95. The predicted octanol–water partition coefficient (Wildman–Crippen LogP) is 1.07. The fourth-order valence-electron chi connectivity index (χ4n) is 1.12. The molecule has 0 aromatic carbocycles. The molecule has 0 aromatic heterocycles. The first-order valence-electron chi connectivity index (χ1n) is 3.84. The second-order valence-corrected chi connectivity index (χ2v) is 2.62. The van der Waals surface area contributed by atoms with Crippen LogP contribution < -0.4 is 0 Å². The van der Waals surface area contributed by atoms with Crippen LogP contribution in [0.5, 0.6) is 0 Å². The molecule has 1 aliphatic rings. The Morgan fingerprint density at radius 1 is 1.45 bits per heavy atom. The molecule has 0 bridgehead atoms. The van der Waals surface area contributed by atoms with Crippen LogP contribution >= 0.6 is 0 Å². The molecule has 0 amide bonds. The largest absolute Gasteiger partial charge is 0.396 e. The quantitative estimate of drug-likeness (QED) is 0.656. The van der Waals surface area contributed by atoms with E-state index in [1.165, 1.54) is 0 Å². The monoisotopic (exact) mass is 152 g/mol. The maximum atomic E-state index is 11.1. The van der Waals surface area contributed by atoms with E-state index < -0.39 is 0 Å². The number of rotatable bonds is 3. The van der Waals surface area contributed by atoms with E-state index in [0.717, 1.165) is 6.42 Å². The lowest BCUT2D eigenvalue weighted by Gasteiger charge is -2.09. The van der Waals surface area contributed by atoms with Crippen molar-refractivity contribution in [2.24, 2.45) is 5.92 Å². The van der Waals surface area contributed by atoms with Crippen molar-refractivity contribution in [3.63, 3.8) is 0 Å². The van der Waals surface area contributed by atoms with Crippen molar-refractivity contribution in [3.8, 4) is 0 Å². The number of allylic oxidation sites excluding steroid dienone is 4. The van der Waals surface area contributed by atoms with Gasteiger partial charge in [-0.05, 0) is 18.9 Å². The molecule has 1 unspecified atom stereocenters. The fourth-order valence-corrected chi connectivity index (χ4v) is 1.12. The Labute approximate surface area is 66.2 Å². The Morgan fingerprint density at radius 2 is 2.27 bits per heavy atom. The number of carbonyl (C=O) groups is 1. The highest BCUT2D eigenvalue weighted by molar-refractivity contribution is 5.94. The van der Waals surface area contributed by atoms with Crippen molar-refractivity contribution in [2.45, 2.75) is 12.8 Å². The first-order valence-corrected chi connectivity index (χ1v) is 3.84. The van der Waals surface area contributed by atoms with E-state index in [1.807, 2.05) is 12.2 Å². The molecule has 1 aliphatic carbocycles. The molecular weight excluding hydrogens is 140 g/mol. The van der Waals surface area contributed by atoms with Crippen molar-refractivity contribution in [1.29, 1.82) is 0 Å². The molecule has 1 N–H and O–H groups in total. The average Bonchev–Trinajstić information content (AvgIpc) is 2.03. The van der Waals surface area contributed by atoms with Gasteiger partial charge in [-0.3, -0.25) is 4.79 Å². The van der Waals surface area contributed by atoms with Crippen molar-refractivity contribution in [1.82, 2.24) is 0 Å². The average molecular weight is 152 g/mol. The summed E-state index contributed by atoms with van der Waals surface area (Å²) in [6.45, 7) is 0.168. The Hall–Kier alpha value is -0.890. The Bertz CT molecular complexity index is 192. The highest BCUT2D eigenvalue weighted by atomic mass is 16.2. The molecule has 0 aliphatic heterocycles. The molecule has 60 valence electrons. The zero-order chi connectivity index (χ0) is 8.10. The minimum absolute atomic E-state index is 0.00662.